The van der Waals surface area contributed by atoms with E-state index in [1.165, 1.54) is 17.5 Å². The van der Waals surface area contributed by atoms with Crippen LogP contribution in [0.3, 0.4) is 0 Å². The molecule has 0 unspecified atom stereocenters. The lowest BCUT2D eigenvalue weighted by molar-refractivity contribution is -0.138. The molecule has 0 amide bonds. The summed E-state index contributed by atoms with van der Waals surface area (Å²) >= 11 is 4.64. The van der Waals surface area contributed by atoms with Gasteiger partial charge in [-0.15, -0.1) is 11.6 Å². The molecule has 5 heteroatoms. The summed E-state index contributed by atoms with van der Waals surface area (Å²) in [6.45, 7) is 11.3. The van der Waals surface area contributed by atoms with E-state index >= 15 is 0 Å². The molecule has 0 bridgehead atoms. The normalized spacial score (nSPS) is 18.9. The maximum absolute atomic E-state index is 10.6. The molecule has 0 radical (unpaired) electrons. The van der Waals surface area contributed by atoms with Gasteiger partial charge >= 0.3 is 0 Å². The summed E-state index contributed by atoms with van der Waals surface area (Å²) in [6, 6.07) is 21.3. The standard InChI is InChI=1S/C19H23NO.C6H13NO.CH3Cl/c1-15(2)19(21)13-20(14-19)18(16-9-5-3-6-10-16)17-11-7-4-8-12-17;1-5(2)6(8)3-7-4-6;1-2/h3-12,15,18,21H,13-14H2,1-2H3;5,7-8H,3-4H2,1-2H3;1H3. The van der Waals surface area contributed by atoms with Gasteiger partial charge < -0.3 is 15.5 Å². The number of hydrogen-bond acceptors (Lipinski definition) is 4. The first-order valence-corrected chi connectivity index (χ1v) is 11.9. The highest BCUT2D eigenvalue weighted by Gasteiger charge is 2.46. The fraction of sp³-hybridized carbons (Fsp3) is 0.538. The minimum absolute atomic E-state index is 0.228. The number of nitrogens with one attached hydrogen (secondary N) is 1. The zero-order valence-corrected chi connectivity index (χ0v) is 20.3. The number of β-amino-alcohol motifs (C(OH)–C–C–N with tert-alkyl or cyclic N) is 2. The van der Waals surface area contributed by atoms with E-state index in [0.29, 0.717) is 11.8 Å². The third-order valence-electron chi connectivity index (χ3n) is 6.56. The summed E-state index contributed by atoms with van der Waals surface area (Å²) in [5.41, 5.74) is 1.64. The fourth-order valence-corrected chi connectivity index (χ4v) is 3.88. The Labute approximate surface area is 193 Å². The molecule has 4 rings (SSSR count). The van der Waals surface area contributed by atoms with Crippen LogP contribution in [0.2, 0.25) is 0 Å². The van der Waals surface area contributed by atoms with Crippen LogP contribution in [0.1, 0.15) is 44.9 Å². The largest absolute Gasteiger partial charge is 0.387 e. The molecule has 0 aliphatic carbocycles. The smallest absolute Gasteiger partial charge is 0.0923 e. The highest BCUT2D eigenvalue weighted by atomic mass is 35.5. The van der Waals surface area contributed by atoms with Crippen molar-refractivity contribution in [3.63, 3.8) is 0 Å². The third-order valence-corrected chi connectivity index (χ3v) is 6.56. The summed E-state index contributed by atoms with van der Waals surface area (Å²) in [7, 11) is 0. The fourth-order valence-electron chi connectivity index (χ4n) is 3.88. The summed E-state index contributed by atoms with van der Waals surface area (Å²) in [6.07, 6.45) is 1.47. The van der Waals surface area contributed by atoms with Gasteiger partial charge in [0.2, 0.25) is 0 Å². The van der Waals surface area contributed by atoms with E-state index in [-0.39, 0.29) is 11.6 Å². The van der Waals surface area contributed by atoms with Crippen molar-refractivity contribution in [2.45, 2.75) is 44.9 Å². The Morgan fingerprint density at radius 2 is 1.13 bits per heavy atom. The average molecular weight is 447 g/mol. The molecule has 2 saturated heterocycles. The van der Waals surface area contributed by atoms with Crippen LogP contribution in [0.25, 0.3) is 0 Å². The Balaban J connectivity index is 0.000000286. The first-order chi connectivity index (χ1) is 14.8. The number of halogens is 1. The van der Waals surface area contributed by atoms with Gasteiger partial charge in [-0.3, -0.25) is 4.90 Å². The number of likely N-dealkylation sites (tertiary alicyclic amines) is 1. The van der Waals surface area contributed by atoms with Gasteiger partial charge in [-0.1, -0.05) is 88.4 Å². The molecule has 3 N–H and O–H groups in total. The SMILES string of the molecule is CC(C)C1(O)CN(C(c2ccccc2)c2ccccc2)C1.CC(C)C1(O)CNC1.CCl. The molecule has 4 nitrogen and oxygen atoms in total. The molecule has 2 aliphatic heterocycles. The number of rotatable bonds is 5. The van der Waals surface area contributed by atoms with Crippen molar-refractivity contribution in [2.24, 2.45) is 11.8 Å². The van der Waals surface area contributed by atoms with Gasteiger partial charge in [0.1, 0.15) is 0 Å². The second-order valence-corrected chi connectivity index (χ2v) is 9.25. The Morgan fingerprint density at radius 3 is 1.39 bits per heavy atom. The maximum Gasteiger partial charge on any atom is 0.0923 e. The van der Waals surface area contributed by atoms with Crippen LogP contribution in [0.4, 0.5) is 0 Å². The molecule has 2 aromatic rings. The van der Waals surface area contributed by atoms with E-state index < -0.39 is 5.60 Å². The van der Waals surface area contributed by atoms with Gasteiger partial charge in [0, 0.05) is 32.6 Å². The maximum atomic E-state index is 10.6. The quantitative estimate of drug-likeness (QED) is 0.599. The molecule has 0 saturated carbocycles. The summed E-state index contributed by atoms with van der Waals surface area (Å²) in [5.74, 6) is 0.685. The van der Waals surface area contributed by atoms with Crippen molar-refractivity contribution < 1.29 is 10.2 Å². The predicted molar refractivity (Wildman–Crippen MR) is 131 cm³/mol. The van der Waals surface area contributed by atoms with Crippen LogP contribution in [0.5, 0.6) is 0 Å². The lowest BCUT2D eigenvalue weighted by Crippen LogP contribution is -2.65. The van der Waals surface area contributed by atoms with Gasteiger partial charge in [0.25, 0.3) is 0 Å². The molecule has 172 valence electrons. The zero-order valence-electron chi connectivity index (χ0n) is 19.6. The van der Waals surface area contributed by atoms with Gasteiger partial charge in [0.15, 0.2) is 0 Å². The Morgan fingerprint density at radius 1 is 0.742 bits per heavy atom. The number of nitrogens with zero attached hydrogens (tertiary/aromatic N) is 1. The van der Waals surface area contributed by atoms with E-state index in [1.807, 2.05) is 26.0 Å². The van der Waals surface area contributed by atoms with E-state index in [9.17, 15) is 10.2 Å². The lowest BCUT2D eigenvalue weighted by atomic mass is 9.80. The summed E-state index contributed by atoms with van der Waals surface area (Å²) in [4.78, 5) is 2.37. The van der Waals surface area contributed by atoms with E-state index in [0.717, 1.165) is 26.2 Å². The molecule has 2 heterocycles. The molecule has 0 spiro atoms. The Kier molecular flexibility index (Phi) is 9.53. The number of aliphatic hydroxyl groups is 2. The molecular formula is C26H39ClN2O2. The first-order valence-electron chi connectivity index (χ1n) is 11.1. The third kappa shape index (κ3) is 6.30. The van der Waals surface area contributed by atoms with Gasteiger partial charge in [-0.25, -0.2) is 0 Å². The predicted octanol–water partition coefficient (Wildman–Crippen LogP) is 4.31. The van der Waals surface area contributed by atoms with Crippen LogP contribution in [0.15, 0.2) is 60.7 Å². The Hall–Kier alpha value is -1.43. The summed E-state index contributed by atoms with van der Waals surface area (Å²) < 4.78 is 0. The van der Waals surface area contributed by atoms with Crippen molar-refractivity contribution in [3.05, 3.63) is 71.8 Å². The van der Waals surface area contributed by atoms with Crippen molar-refractivity contribution in [2.75, 3.05) is 32.6 Å². The van der Waals surface area contributed by atoms with E-state index in [1.54, 1.807) is 0 Å². The lowest BCUT2D eigenvalue weighted by Gasteiger charge is -2.52. The first kappa shape index (κ1) is 25.8. The van der Waals surface area contributed by atoms with Crippen LogP contribution < -0.4 is 5.32 Å². The van der Waals surface area contributed by atoms with Crippen molar-refractivity contribution in [1.29, 1.82) is 0 Å². The molecule has 2 fully saturated rings. The molecule has 0 atom stereocenters. The molecular weight excluding hydrogens is 408 g/mol. The highest BCUT2D eigenvalue weighted by Crippen LogP contribution is 2.38. The number of benzene rings is 2. The van der Waals surface area contributed by atoms with Crippen molar-refractivity contribution in [3.8, 4) is 0 Å². The minimum atomic E-state index is -0.540. The van der Waals surface area contributed by atoms with Crippen LogP contribution in [0, 0.1) is 11.8 Å². The molecule has 2 aliphatic rings. The molecule has 31 heavy (non-hydrogen) atoms. The van der Waals surface area contributed by atoms with Gasteiger partial charge in [-0.2, -0.15) is 0 Å². The second kappa shape index (κ2) is 11.4. The summed E-state index contributed by atoms with van der Waals surface area (Å²) in [5, 5.41) is 23.0. The Bertz CT molecular complexity index is 718. The van der Waals surface area contributed by atoms with E-state index in [4.69, 9.17) is 0 Å². The zero-order chi connectivity index (χ0) is 23.1. The van der Waals surface area contributed by atoms with Crippen molar-refractivity contribution >= 4 is 11.6 Å². The molecule has 0 aromatic heterocycles. The minimum Gasteiger partial charge on any atom is -0.387 e. The highest BCUT2D eigenvalue weighted by molar-refractivity contribution is 6.15. The van der Waals surface area contributed by atoms with Crippen LogP contribution in [-0.2, 0) is 0 Å². The number of alkyl halides is 1. The second-order valence-electron chi connectivity index (χ2n) is 9.25. The average Bonchev–Trinajstić information content (AvgIpc) is 2.74. The van der Waals surface area contributed by atoms with Crippen LogP contribution in [-0.4, -0.2) is 58.9 Å². The monoisotopic (exact) mass is 446 g/mol. The van der Waals surface area contributed by atoms with E-state index in [2.05, 4.69) is 84.2 Å². The molecule has 2 aromatic carbocycles. The van der Waals surface area contributed by atoms with Gasteiger partial charge in [-0.05, 0) is 23.0 Å². The van der Waals surface area contributed by atoms with Gasteiger partial charge in [0.05, 0.1) is 17.2 Å². The van der Waals surface area contributed by atoms with Crippen molar-refractivity contribution in [1.82, 2.24) is 10.2 Å². The topological polar surface area (TPSA) is 55.7 Å². The van der Waals surface area contributed by atoms with Crippen LogP contribution >= 0.6 is 11.6 Å². The number of hydrogen-bond donors (Lipinski definition) is 3.